The summed E-state index contributed by atoms with van der Waals surface area (Å²) in [5, 5.41) is 3.04. The average Bonchev–Trinajstić information content (AvgIpc) is 2.55. The molecular formula is C18H22N2O6S. The maximum absolute atomic E-state index is 12.3. The Morgan fingerprint density at radius 3 is 2.56 bits per heavy atom. The zero-order valence-corrected chi connectivity index (χ0v) is 16.1. The van der Waals surface area contributed by atoms with Crippen molar-refractivity contribution < 1.29 is 22.4 Å². The molecule has 0 bridgehead atoms. The number of rotatable bonds is 6. The first-order valence-corrected chi connectivity index (χ1v) is 9.71. The molecule has 1 aromatic carbocycles. The zero-order valence-electron chi connectivity index (χ0n) is 15.3. The van der Waals surface area contributed by atoms with Crippen LogP contribution in [-0.4, -0.2) is 33.2 Å². The van der Waals surface area contributed by atoms with E-state index in [2.05, 4.69) is 10.0 Å². The van der Waals surface area contributed by atoms with Crippen molar-refractivity contribution in [2.75, 3.05) is 13.1 Å². The Balaban J connectivity index is 1.89. The Morgan fingerprint density at radius 2 is 1.85 bits per heavy atom. The van der Waals surface area contributed by atoms with Crippen LogP contribution in [-0.2, 0) is 14.8 Å². The van der Waals surface area contributed by atoms with Crippen molar-refractivity contribution in [2.24, 2.45) is 0 Å². The van der Waals surface area contributed by atoms with Gasteiger partial charge in [-0.3, -0.25) is 0 Å². The lowest BCUT2D eigenvalue weighted by Gasteiger charge is -2.19. The highest BCUT2D eigenvalue weighted by Gasteiger charge is 2.15. The van der Waals surface area contributed by atoms with Gasteiger partial charge >= 0.3 is 11.7 Å². The van der Waals surface area contributed by atoms with Gasteiger partial charge in [0.15, 0.2) is 0 Å². The number of benzene rings is 1. The molecular weight excluding hydrogens is 372 g/mol. The van der Waals surface area contributed by atoms with Gasteiger partial charge in [0.2, 0.25) is 10.0 Å². The van der Waals surface area contributed by atoms with E-state index in [1.54, 1.807) is 32.9 Å². The van der Waals surface area contributed by atoms with Crippen LogP contribution < -0.4 is 15.7 Å². The summed E-state index contributed by atoms with van der Waals surface area (Å²) >= 11 is 0. The van der Waals surface area contributed by atoms with Gasteiger partial charge in [-0.15, -0.1) is 0 Å². The molecule has 0 unspecified atom stereocenters. The number of carbonyl (C=O) groups is 1. The molecule has 0 aliphatic heterocycles. The normalized spacial score (nSPS) is 12.4. The molecule has 1 heterocycles. The fourth-order valence-corrected chi connectivity index (χ4v) is 3.09. The van der Waals surface area contributed by atoms with E-state index < -0.39 is 27.3 Å². The van der Waals surface area contributed by atoms with Gasteiger partial charge < -0.3 is 14.5 Å². The van der Waals surface area contributed by atoms with Crippen LogP contribution in [0.15, 0.2) is 56.6 Å². The van der Waals surface area contributed by atoms with Crippen LogP contribution in [0.3, 0.4) is 0 Å². The highest BCUT2D eigenvalue weighted by Crippen LogP contribution is 2.17. The third kappa shape index (κ3) is 6.54. The molecule has 9 heteroatoms. The number of hydrogen-bond donors (Lipinski definition) is 2. The van der Waals surface area contributed by atoms with Gasteiger partial charge in [0.1, 0.15) is 11.2 Å². The Morgan fingerprint density at radius 1 is 1.15 bits per heavy atom. The van der Waals surface area contributed by atoms with E-state index in [-0.39, 0.29) is 18.0 Å². The molecule has 1 aromatic heterocycles. The summed E-state index contributed by atoms with van der Waals surface area (Å²) in [7, 11) is -3.72. The van der Waals surface area contributed by atoms with Crippen LogP contribution in [0.25, 0.3) is 11.0 Å². The molecule has 0 spiro atoms. The summed E-state index contributed by atoms with van der Waals surface area (Å²) in [5.74, 6) is 0. The predicted molar refractivity (Wildman–Crippen MR) is 101 cm³/mol. The van der Waals surface area contributed by atoms with Crippen molar-refractivity contribution in [2.45, 2.75) is 31.3 Å². The maximum atomic E-state index is 12.3. The molecule has 8 nitrogen and oxygen atoms in total. The van der Waals surface area contributed by atoms with E-state index in [0.29, 0.717) is 11.0 Å². The fraction of sp³-hybridized carbons (Fsp3) is 0.333. The predicted octanol–water partition coefficient (Wildman–Crippen LogP) is 2.15. The Labute approximate surface area is 157 Å². The zero-order chi connectivity index (χ0) is 20.1. The number of carbonyl (C=O) groups excluding carboxylic acids is 1. The second-order valence-electron chi connectivity index (χ2n) is 6.66. The Bertz CT molecular complexity index is 1000. The van der Waals surface area contributed by atoms with Gasteiger partial charge in [0, 0.05) is 24.5 Å². The largest absolute Gasteiger partial charge is 0.444 e. The topological polar surface area (TPSA) is 115 Å². The highest BCUT2D eigenvalue weighted by atomic mass is 32.2. The molecule has 2 N–H and O–H groups in total. The summed E-state index contributed by atoms with van der Waals surface area (Å²) in [6, 6.07) is 6.96. The number of amides is 1. The second-order valence-corrected chi connectivity index (χ2v) is 8.43. The minimum Gasteiger partial charge on any atom is -0.444 e. The average molecular weight is 394 g/mol. The van der Waals surface area contributed by atoms with Crippen molar-refractivity contribution >= 4 is 27.1 Å². The SMILES string of the molecule is CC(C)(C)OC(=O)NC/C=C/CNS(=O)(=O)c1ccc2oc(=O)ccc2c1. The summed E-state index contributed by atoms with van der Waals surface area (Å²) in [6.07, 6.45) is 2.65. The number of fused-ring (bicyclic) bond motifs is 1. The van der Waals surface area contributed by atoms with Gasteiger partial charge in [-0.2, -0.15) is 0 Å². The number of ether oxygens (including phenoxy) is 1. The van der Waals surface area contributed by atoms with E-state index >= 15 is 0 Å². The lowest BCUT2D eigenvalue weighted by molar-refractivity contribution is 0.0534. The Hall–Kier alpha value is -2.65. The molecule has 2 aromatic rings. The smallest absolute Gasteiger partial charge is 0.407 e. The third-order valence-electron chi connectivity index (χ3n) is 3.22. The van der Waals surface area contributed by atoms with Crippen LogP contribution in [0.1, 0.15) is 20.8 Å². The van der Waals surface area contributed by atoms with Crippen molar-refractivity contribution in [1.29, 1.82) is 0 Å². The summed E-state index contributed by atoms with van der Waals surface area (Å²) < 4.78 is 37.1. The van der Waals surface area contributed by atoms with E-state index in [1.807, 2.05) is 0 Å². The minimum absolute atomic E-state index is 0.0558. The lowest BCUT2D eigenvalue weighted by Crippen LogP contribution is -2.32. The van der Waals surface area contributed by atoms with Gasteiger partial charge in [0.05, 0.1) is 4.90 Å². The minimum atomic E-state index is -3.72. The monoisotopic (exact) mass is 394 g/mol. The highest BCUT2D eigenvalue weighted by molar-refractivity contribution is 7.89. The summed E-state index contributed by atoms with van der Waals surface area (Å²) in [6.45, 7) is 5.55. The molecule has 146 valence electrons. The van der Waals surface area contributed by atoms with E-state index in [4.69, 9.17) is 9.15 Å². The first kappa shape index (κ1) is 20.7. The molecule has 0 saturated heterocycles. The lowest BCUT2D eigenvalue weighted by atomic mass is 10.2. The van der Waals surface area contributed by atoms with Crippen molar-refractivity contribution in [3.8, 4) is 0 Å². The molecule has 0 aliphatic carbocycles. The standard InChI is InChI=1S/C18H22N2O6S/c1-18(2,3)26-17(22)19-10-4-5-11-20-27(23,24)14-7-8-15-13(12-14)6-9-16(21)25-15/h4-9,12,20H,10-11H2,1-3H3,(H,19,22)/b5-4+. The summed E-state index contributed by atoms with van der Waals surface area (Å²) in [5.41, 5.74) is -0.762. The van der Waals surface area contributed by atoms with Gasteiger partial charge in [-0.05, 0) is 45.0 Å². The third-order valence-corrected chi connectivity index (χ3v) is 4.64. The molecule has 0 aliphatic rings. The van der Waals surface area contributed by atoms with Crippen molar-refractivity contribution in [3.63, 3.8) is 0 Å². The van der Waals surface area contributed by atoms with Crippen LogP contribution >= 0.6 is 0 Å². The van der Waals surface area contributed by atoms with Crippen molar-refractivity contribution in [1.82, 2.24) is 10.0 Å². The molecule has 0 atom stereocenters. The van der Waals surface area contributed by atoms with Crippen LogP contribution in [0.4, 0.5) is 4.79 Å². The second kappa shape index (κ2) is 8.36. The van der Waals surface area contributed by atoms with Crippen LogP contribution in [0.2, 0.25) is 0 Å². The van der Waals surface area contributed by atoms with Crippen LogP contribution in [0.5, 0.6) is 0 Å². The van der Waals surface area contributed by atoms with Gasteiger partial charge in [-0.25, -0.2) is 22.7 Å². The van der Waals surface area contributed by atoms with Crippen molar-refractivity contribution in [3.05, 3.63) is 52.9 Å². The number of nitrogens with one attached hydrogen (secondary N) is 2. The maximum Gasteiger partial charge on any atom is 0.407 e. The van der Waals surface area contributed by atoms with E-state index in [9.17, 15) is 18.0 Å². The van der Waals surface area contributed by atoms with Crippen LogP contribution in [0, 0.1) is 0 Å². The Kier molecular flexibility index (Phi) is 6.40. The molecule has 2 rings (SSSR count). The molecule has 0 fully saturated rings. The summed E-state index contributed by atoms with van der Waals surface area (Å²) in [4.78, 5) is 22.7. The molecule has 0 saturated carbocycles. The molecule has 1 amide bonds. The number of hydrogen-bond acceptors (Lipinski definition) is 6. The van der Waals surface area contributed by atoms with Gasteiger partial charge in [0.25, 0.3) is 0 Å². The first-order valence-electron chi connectivity index (χ1n) is 8.22. The van der Waals surface area contributed by atoms with E-state index in [0.717, 1.165) is 0 Å². The molecule has 27 heavy (non-hydrogen) atoms. The van der Waals surface area contributed by atoms with E-state index in [1.165, 1.54) is 30.3 Å². The number of sulfonamides is 1. The first-order chi connectivity index (χ1) is 12.6. The quantitative estimate of drug-likeness (QED) is 0.573. The number of alkyl carbamates (subject to hydrolysis) is 1. The van der Waals surface area contributed by atoms with Gasteiger partial charge in [-0.1, -0.05) is 12.2 Å². The fourth-order valence-electron chi connectivity index (χ4n) is 2.08. The molecule has 0 radical (unpaired) electrons.